The summed E-state index contributed by atoms with van der Waals surface area (Å²) in [4.78, 5) is 23.2. The van der Waals surface area contributed by atoms with Gasteiger partial charge >= 0.3 is 0 Å². The van der Waals surface area contributed by atoms with Gasteiger partial charge in [-0.15, -0.1) is 0 Å². The van der Waals surface area contributed by atoms with Crippen LogP contribution >= 0.6 is 31.9 Å². The third-order valence-electron chi connectivity index (χ3n) is 3.16. The molecule has 2 aromatic rings. The minimum Gasteiger partial charge on any atom is -0.492 e. The Hall–Kier alpha value is -2.19. The van der Waals surface area contributed by atoms with Gasteiger partial charge < -0.3 is 10.1 Å². The van der Waals surface area contributed by atoms with Gasteiger partial charge in [0, 0.05) is 28.2 Å². The van der Waals surface area contributed by atoms with E-state index in [9.17, 15) is 9.59 Å². The maximum absolute atomic E-state index is 12.2. The number of nitrogens with zero attached hydrogens (tertiary/aromatic N) is 1. The first-order valence-corrected chi connectivity index (χ1v) is 9.32. The van der Waals surface area contributed by atoms with E-state index in [1.165, 1.54) is 13.1 Å². The van der Waals surface area contributed by atoms with E-state index in [4.69, 9.17) is 4.74 Å². The van der Waals surface area contributed by atoms with Crippen molar-refractivity contribution in [3.05, 3.63) is 56.5 Å². The maximum atomic E-state index is 12.2. The molecule has 0 saturated carbocycles. The first-order chi connectivity index (χ1) is 12.4. The fourth-order valence-electron chi connectivity index (χ4n) is 2.11. The van der Waals surface area contributed by atoms with Gasteiger partial charge in [-0.2, -0.15) is 5.10 Å². The summed E-state index contributed by atoms with van der Waals surface area (Å²) in [5, 5.41) is 6.64. The molecule has 0 aliphatic rings. The Balaban J connectivity index is 2.08. The van der Waals surface area contributed by atoms with Crippen molar-refractivity contribution in [2.24, 2.45) is 5.10 Å². The molecule has 0 saturated heterocycles. The molecule has 2 rings (SSSR count). The number of amides is 2. The summed E-state index contributed by atoms with van der Waals surface area (Å²) in [6, 6.07) is 10.2. The van der Waals surface area contributed by atoms with E-state index in [1.807, 2.05) is 19.1 Å². The number of ether oxygens (including phenoxy) is 1. The smallest absolute Gasteiger partial charge is 0.271 e. The van der Waals surface area contributed by atoms with E-state index in [1.54, 1.807) is 24.3 Å². The number of hydrogen-bond donors (Lipinski definition) is 2. The third kappa shape index (κ3) is 5.67. The number of carbonyl (C=O) groups excluding carboxylic acids is 2. The normalized spacial score (nSPS) is 10.6. The SMILES string of the molecule is CCOc1c(Br)cc(Br)cc1C=NNC(=O)c1ccc(NC(C)=O)cc1. The predicted molar refractivity (Wildman–Crippen MR) is 109 cm³/mol. The summed E-state index contributed by atoms with van der Waals surface area (Å²) >= 11 is 6.86. The fraction of sp³-hybridized carbons (Fsp3) is 0.167. The van der Waals surface area contributed by atoms with Crippen LogP contribution in [0.4, 0.5) is 5.69 Å². The van der Waals surface area contributed by atoms with Gasteiger partial charge in [-0.25, -0.2) is 5.43 Å². The Kier molecular flexibility index (Phi) is 7.35. The lowest BCUT2D eigenvalue weighted by molar-refractivity contribution is -0.114. The van der Waals surface area contributed by atoms with Crippen LogP contribution in [0.5, 0.6) is 5.75 Å². The van der Waals surface area contributed by atoms with Crippen LogP contribution in [0.25, 0.3) is 0 Å². The summed E-state index contributed by atoms with van der Waals surface area (Å²) in [5.74, 6) is 0.119. The van der Waals surface area contributed by atoms with Crippen LogP contribution < -0.4 is 15.5 Å². The predicted octanol–water partition coefficient (Wildman–Crippen LogP) is 4.33. The van der Waals surface area contributed by atoms with Gasteiger partial charge in [0.1, 0.15) is 5.75 Å². The summed E-state index contributed by atoms with van der Waals surface area (Å²) in [7, 11) is 0. The minimum atomic E-state index is -0.359. The molecule has 0 spiro atoms. The summed E-state index contributed by atoms with van der Waals surface area (Å²) in [6.45, 7) is 3.82. The number of hydrazone groups is 1. The molecule has 0 radical (unpaired) electrons. The highest BCUT2D eigenvalue weighted by molar-refractivity contribution is 9.11. The second-order valence-electron chi connectivity index (χ2n) is 5.20. The molecule has 0 atom stereocenters. The standard InChI is InChI=1S/C18H17Br2N3O3/c1-3-26-17-13(8-14(19)9-16(17)20)10-21-23-18(25)12-4-6-15(7-5-12)22-11(2)24/h4-10H,3H2,1-2H3,(H,22,24)(H,23,25). The zero-order valence-electron chi connectivity index (χ0n) is 14.2. The Morgan fingerprint density at radius 3 is 2.50 bits per heavy atom. The number of anilines is 1. The lowest BCUT2D eigenvalue weighted by Crippen LogP contribution is -2.17. The number of hydrogen-bond acceptors (Lipinski definition) is 4. The van der Waals surface area contributed by atoms with Crippen LogP contribution in [0.1, 0.15) is 29.8 Å². The number of nitrogens with one attached hydrogen (secondary N) is 2. The molecule has 0 aliphatic heterocycles. The molecule has 0 unspecified atom stereocenters. The van der Waals surface area contributed by atoms with Crippen LogP contribution in [-0.2, 0) is 4.79 Å². The summed E-state index contributed by atoms with van der Waals surface area (Å²) in [6.07, 6.45) is 1.52. The van der Waals surface area contributed by atoms with Crippen molar-refractivity contribution in [3.8, 4) is 5.75 Å². The Bertz CT molecular complexity index is 836. The molecular formula is C18H17Br2N3O3. The van der Waals surface area contributed by atoms with Crippen LogP contribution in [0.3, 0.4) is 0 Å². The molecule has 0 aromatic heterocycles. The zero-order chi connectivity index (χ0) is 19.1. The molecule has 0 fully saturated rings. The van der Waals surface area contributed by atoms with Gasteiger partial charge in [-0.05, 0) is 59.3 Å². The van der Waals surface area contributed by atoms with Gasteiger partial charge in [0.2, 0.25) is 5.91 Å². The minimum absolute atomic E-state index is 0.169. The van der Waals surface area contributed by atoms with Crippen molar-refractivity contribution in [1.29, 1.82) is 0 Å². The molecule has 2 N–H and O–H groups in total. The molecule has 26 heavy (non-hydrogen) atoms. The van der Waals surface area contributed by atoms with Gasteiger partial charge in [0.25, 0.3) is 5.91 Å². The topological polar surface area (TPSA) is 79.8 Å². The number of halogens is 2. The maximum Gasteiger partial charge on any atom is 0.271 e. The first kappa shape index (κ1) is 20.1. The first-order valence-electron chi connectivity index (χ1n) is 7.73. The Morgan fingerprint density at radius 1 is 1.19 bits per heavy atom. The molecular weight excluding hydrogens is 466 g/mol. The molecule has 6 nitrogen and oxygen atoms in total. The van der Waals surface area contributed by atoms with Crippen molar-refractivity contribution in [2.75, 3.05) is 11.9 Å². The van der Waals surface area contributed by atoms with Gasteiger partial charge in [-0.3, -0.25) is 9.59 Å². The van der Waals surface area contributed by atoms with Crippen molar-refractivity contribution >= 4 is 55.6 Å². The zero-order valence-corrected chi connectivity index (χ0v) is 17.3. The molecule has 8 heteroatoms. The largest absolute Gasteiger partial charge is 0.492 e. The van der Waals surface area contributed by atoms with E-state index in [2.05, 4.69) is 47.7 Å². The summed E-state index contributed by atoms with van der Waals surface area (Å²) in [5.41, 5.74) is 4.24. The van der Waals surface area contributed by atoms with E-state index in [-0.39, 0.29) is 11.8 Å². The van der Waals surface area contributed by atoms with Crippen molar-refractivity contribution < 1.29 is 14.3 Å². The third-order valence-corrected chi connectivity index (χ3v) is 4.21. The molecule has 136 valence electrons. The lowest BCUT2D eigenvalue weighted by atomic mass is 10.2. The number of rotatable bonds is 6. The molecule has 2 amide bonds. The average Bonchev–Trinajstić information content (AvgIpc) is 2.58. The van der Waals surface area contributed by atoms with Crippen molar-refractivity contribution in [3.63, 3.8) is 0 Å². The molecule has 2 aromatic carbocycles. The number of benzene rings is 2. The second kappa shape index (κ2) is 9.49. The monoisotopic (exact) mass is 481 g/mol. The van der Waals surface area contributed by atoms with Crippen LogP contribution in [0.15, 0.2) is 50.4 Å². The van der Waals surface area contributed by atoms with E-state index in [0.29, 0.717) is 23.6 Å². The van der Waals surface area contributed by atoms with Gasteiger partial charge in [0.05, 0.1) is 17.3 Å². The quantitative estimate of drug-likeness (QED) is 0.475. The highest BCUT2D eigenvalue weighted by Gasteiger charge is 2.09. The van der Waals surface area contributed by atoms with Crippen LogP contribution in [0.2, 0.25) is 0 Å². The van der Waals surface area contributed by atoms with E-state index < -0.39 is 0 Å². The molecule has 0 aliphatic carbocycles. The van der Waals surface area contributed by atoms with Crippen LogP contribution in [-0.4, -0.2) is 24.6 Å². The van der Waals surface area contributed by atoms with Gasteiger partial charge in [0.15, 0.2) is 0 Å². The Morgan fingerprint density at radius 2 is 1.88 bits per heavy atom. The van der Waals surface area contributed by atoms with E-state index in [0.717, 1.165) is 14.5 Å². The number of carbonyl (C=O) groups is 2. The fourth-order valence-corrected chi connectivity index (χ4v) is 3.48. The average molecular weight is 483 g/mol. The second-order valence-corrected chi connectivity index (χ2v) is 6.97. The van der Waals surface area contributed by atoms with Gasteiger partial charge in [-0.1, -0.05) is 15.9 Å². The summed E-state index contributed by atoms with van der Waals surface area (Å²) < 4.78 is 7.25. The lowest BCUT2D eigenvalue weighted by Gasteiger charge is -2.10. The highest BCUT2D eigenvalue weighted by Crippen LogP contribution is 2.32. The van der Waals surface area contributed by atoms with Crippen molar-refractivity contribution in [2.45, 2.75) is 13.8 Å². The van der Waals surface area contributed by atoms with E-state index >= 15 is 0 Å². The van der Waals surface area contributed by atoms with Crippen molar-refractivity contribution in [1.82, 2.24) is 5.43 Å². The molecule has 0 heterocycles. The highest BCUT2D eigenvalue weighted by atomic mass is 79.9. The van der Waals surface area contributed by atoms with Crippen LogP contribution in [0, 0.1) is 0 Å². The molecule has 0 bridgehead atoms. The Labute approximate surface area is 168 Å².